The minimum absolute atomic E-state index is 0.0144. The first-order chi connectivity index (χ1) is 12.1. The van der Waals surface area contributed by atoms with Gasteiger partial charge in [0.05, 0.1) is 12.0 Å². The summed E-state index contributed by atoms with van der Waals surface area (Å²) >= 11 is 6.76. The summed E-state index contributed by atoms with van der Waals surface area (Å²) < 4.78 is 5.90. The van der Waals surface area contributed by atoms with Crippen LogP contribution in [0.2, 0.25) is 0 Å². The summed E-state index contributed by atoms with van der Waals surface area (Å²) in [5.41, 5.74) is 3.21. The van der Waals surface area contributed by atoms with Crippen molar-refractivity contribution in [3.05, 3.63) is 70.1 Å². The lowest BCUT2D eigenvalue weighted by Crippen LogP contribution is -2.30. The van der Waals surface area contributed by atoms with Crippen molar-refractivity contribution in [2.45, 2.75) is 13.3 Å². The molecule has 0 bridgehead atoms. The molecule has 0 radical (unpaired) electrons. The normalized spacial score (nSPS) is 15.9. The zero-order valence-electron chi connectivity index (χ0n) is 14.2. The second-order valence-electron chi connectivity index (χ2n) is 5.80. The topological polar surface area (TPSA) is 29.5 Å². The van der Waals surface area contributed by atoms with Crippen molar-refractivity contribution in [1.29, 1.82) is 0 Å². The van der Waals surface area contributed by atoms with Crippen LogP contribution in [0.4, 0.5) is 0 Å². The molecule has 1 aliphatic heterocycles. The molecule has 5 heteroatoms. The molecule has 1 amide bonds. The van der Waals surface area contributed by atoms with Crippen LogP contribution in [0.25, 0.3) is 6.08 Å². The van der Waals surface area contributed by atoms with Gasteiger partial charge in [0.2, 0.25) is 0 Å². The molecule has 0 atom stereocenters. The molecule has 0 N–H and O–H groups in total. The van der Waals surface area contributed by atoms with Crippen molar-refractivity contribution in [2.24, 2.45) is 0 Å². The van der Waals surface area contributed by atoms with Gasteiger partial charge in [-0.1, -0.05) is 60.4 Å². The number of hydrogen-bond acceptors (Lipinski definition) is 4. The quantitative estimate of drug-likeness (QED) is 0.575. The van der Waals surface area contributed by atoms with E-state index in [1.807, 2.05) is 49.4 Å². The number of hydrogen-bond donors (Lipinski definition) is 0. The molecule has 0 spiro atoms. The third-order valence-electron chi connectivity index (χ3n) is 4.06. The Balaban J connectivity index is 1.73. The number of carbonyl (C=O) groups is 1. The number of benzene rings is 2. The maximum absolute atomic E-state index is 12.7. The Hall–Kier alpha value is -2.11. The summed E-state index contributed by atoms with van der Waals surface area (Å²) in [4.78, 5) is 15.0. The van der Waals surface area contributed by atoms with Crippen LogP contribution in [0.15, 0.2) is 53.4 Å². The zero-order chi connectivity index (χ0) is 17.8. The summed E-state index contributed by atoms with van der Waals surface area (Å²) in [6, 6.07) is 16.0. The molecule has 3 nitrogen and oxygen atoms in total. The van der Waals surface area contributed by atoms with Crippen molar-refractivity contribution in [2.75, 3.05) is 13.7 Å². The maximum atomic E-state index is 12.7. The SMILES string of the molecule is COc1ccc(/C=C2\SC(=S)N(CCc3ccccc3)C2=O)cc1C. The van der Waals surface area contributed by atoms with Crippen molar-refractivity contribution in [3.8, 4) is 5.75 Å². The van der Waals surface area contributed by atoms with Gasteiger partial charge in [-0.05, 0) is 48.2 Å². The molecule has 0 saturated carbocycles. The van der Waals surface area contributed by atoms with Crippen molar-refractivity contribution >= 4 is 40.3 Å². The van der Waals surface area contributed by atoms with Crippen LogP contribution in [0.1, 0.15) is 16.7 Å². The summed E-state index contributed by atoms with van der Waals surface area (Å²) in [6.45, 7) is 2.59. The standard InChI is InChI=1S/C20H19NO2S2/c1-14-12-16(8-9-17(14)23-2)13-18-19(22)21(20(24)25-18)11-10-15-6-4-3-5-7-15/h3-9,12-13H,10-11H2,1-2H3/b18-13-. The zero-order valence-corrected chi connectivity index (χ0v) is 15.8. The molecule has 1 aliphatic rings. The highest BCUT2D eigenvalue weighted by atomic mass is 32.2. The van der Waals surface area contributed by atoms with E-state index in [0.717, 1.165) is 23.3 Å². The highest BCUT2D eigenvalue weighted by Gasteiger charge is 2.31. The van der Waals surface area contributed by atoms with Gasteiger partial charge in [0, 0.05) is 6.54 Å². The Kier molecular flexibility index (Phi) is 5.56. The lowest BCUT2D eigenvalue weighted by Gasteiger charge is -2.14. The summed E-state index contributed by atoms with van der Waals surface area (Å²) in [5, 5.41) is 0. The van der Waals surface area contributed by atoms with Gasteiger partial charge in [0.1, 0.15) is 10.1 Å². The van der Waals surface area contributed by atoms with Crippen molar-refractivity contribution in [1.82, 2.24) is 4.90 Å². The molecule has 128 valence electrons. The number of methoxy groups -OCH3 is 1. The highest BCUT2D eigenvalue weighted by molar-refractivity contribution is 8.26. The van der Waals surface area contributed by atoms with Crippen LogP contribution in [0.3, 0.4) is 0 Å². The lowest BCUT2D eigenvalue weighted by atomic mass is 10.1. The van der Waals surface area contributed by atoms with Gasteiger partial charge in [-0.3, -0.25) is 9.69 Å². The Morgan fingerprint density at radius 1 is 1.20 bits per heavy atom. The molecule has 2 aromatic rings. The van der Waals surface area contributed by atoms with Crippen molar-refractivity contribution < 1.29 is 9.53 Å². The third kappa shape index (κ3) is 4.11. The van der Waals surface area contributed by atoms with Gasteiger partial charge in [-0.25, -0.2) is 0 Å². The van der Waals surface area contributed by atoms with Crippen molar-refractivity contribution in [3.63, 3.8) is 0 Å². The van der Waals surface area contributed by atoms with E-state index in [4.69, 9.17) is 17.0 Å². The minimum atomic E-state index is -0.0144. The van der Waals surface area contributed by atoms with E-state index in [2.05, 4.69) is 12.1 Å². The Morgan fingerprint density at radius 2 is 1.96 bits per heavy atom. The van der Waals surface area contributed by atoms with E-state index in [9.17, 15) is 4.79 Å². The predicted octanol–water partition coefficient (Wildman–Crippen LogP) is 4.45. The third-order valence-corrected chi connectivity index (χ3v) is 5.43. The van der Waals surface area contributed by atoms with Crippen LogP contribution in [0.5, 0.6) is 5.75 Å². The molecule has 1 heterocycles. The maximum Gasteiger partial charge on any atom is 0.266 e. The van der Waals surface area contributed by atoms with E-state index in [1.165, 1.54) is 17.3 Å². The van der Waals surface area contributed by atoms with Crippen LogP contribution in [0, 0.1) is 6.92 Å². The monoisotopic (exact) mass is 369 g/mol. The molecular formula is C20H19NO2S2. The van der Waals surface area contributed by atoms with E-state index in [-0.39, 0.29) is 5.91 Å². The Bertz CT molecular complexity index is 831. The molecule has 25 heavy (non-hydrogen) atoms. The van der Waals surface area contributed by atoms with E-state index < -0.39 is 0 Å². The number of aryl methyl sites for hydroxylation is 1. The van der Waals surface area contributed by atoms with E-state index >= 15 is 0 Å². The molecule has 1 saturated heterocycles. The lowest BCUT2D eigenvalue weighted by molar-refractivity contribution is -0.122. The number of thiocarbonyl (C=S) groups is 1. The number of ether oxygens (including phenoxy) is 1. The van der Waals surface area contributed by atoms with Gasteiger partial charge in [0.25, 0.3) is 5.91 Å². The first-order valence-electron chi connectivity index (χ1n) is 8.02. The molecule has 1 fully saturated rings. The average Bonchev–Trinajstić information content (AvgIpc) is 2.87. The molecule has 0 aliphatic carbocycles. The molecular weight excluding hydrogens is 350 g/mol. The molecule has 0 aromatic heterocycles. The molecule has 2 aromatic carbocycles. The number of carbonyl (C=O) groups excluding carboxylic acids is 1. The van der Waals surface area contributed by atoms with Crippen LogP contribution >= 0.6 is 24.0 Å². The molecule has 3 rings (SSSR count). The van der Waals surface area contributed by atoms with Gasteiger partial charge in [0.15, 0.2) is 0 Å². The first-order valence-corrected chi connectivity index (χ1v) is 9.25. The smallest absolute Gasteiger partial charge is 0.266 e. The second kappa shape index (κ2) is 7.85. The fourth-order valence-corrected chi connectivity index (χ4v) is 4.03. The van der Waals surface area contributed by atoms with E-state index in [0.29, 0.717) is 15.8 Å². The van der Waals surface area contributed by atoms with Gasteiger partial charge < -0.3 is 4.74 Å². The fraction of sp³-hybridized carbons (Fsp3) is 0.200. The van der Waals surface area contributed by atoms with Crippen LogP contribution in [-0.4, -0.2) is 28.8 Å². The van der Waals surface area contributed by atoms with Gasteiger partial charge in [-0.15, -0.1) is 0 Å². The molecule has 0 unspecified atom stereocenters. The summed E-state index contributed by atoms with van der Waals surface area (Å²) in [6.07, 6.45) is 2.69. The number of nitrogens with zero attached hydrogens (tertiary/aromatic N) is 1. The van der Waals surface area contributed by atoms with E-state index in [1.54, 1.807) is 12.0 Å². The Morgan fingerprint density at radius 3 is 2.64 bits per heavy atom. The Labute approximate surface area is 157 Å². The summed E-state index contributed by atoms with van der Waals surface area (Å²) in [5.74, 6) is 0.826. The number of rotatable bonds is 5. The minimum Gasteiger partial charge on any atom is -0.496 e. The van der Waals surface area contributed by atoms with Crippen LogP contribution in [-0.2, 0) is 11.2 Å². The second-order valence-corrected chi connectivity index (χ2v) is 7.47. The van der Waals surface area contributed by atoms with Gasteiger partial charge in [-0.2, -0.15) is 0 Å². The van der Waals surface area contributed by atoms with Gasteiger partial charge >= 0.3 is 0 Å². The first kappa shape index (κ1) is 17.7. The highest BCUT2D eigenvalue weighted by Crippen LogP contribution is 2.33. The van der Waals surface area contributed by atoms with Crippen LogP contribution < -0.4 is 4.74 Å². The summed E-state index contributed by atoms with van der Waals surface area (Å²) in [7, 11) is 1.65. The average molecular weight is 370 g/mol. The fourth-order valence-electron chi connectivity index (χ4n) is 2.72. The number of thioether (sulfide) groups is 1. The predicted molar refractivity (Wildman–Crippen MR) is 108 cm³/mol. The largest absolute Gasteiger partial charge is 0.496 e. The number of amides is 1.